The maximum absolute atomic E-state index is 6.11. The van der Waals surface area contributed by atoms with Gasteiger partial charge in [-0.1, -0.05) is 29.3 Å². The van der Waals surface area contributed by atoms with Crippen molar-refractivity contribution in [3.05, 3.63) is 51.9 Å². The predicted molar refractivity (Wildman–Crippen MR) is 90.1 cm³/mol. The number of rotatable bonds is 4. The molecule has 1 aliphatic heterocycles. The molecule has 2 heterocycles. The van der Waals surface area contributed by atoms with Crippen molar-refractivity contribution in [1.82, 2.24) is 9.97 Å². The molecule has 1 saturated heterocycles. The zero-order valence-electron chi connectivity index (χ0n) is 12.7. The summed E-state index contributed by atoms with van der Waals surface area (Å²) in [6, 6.07) is 7.54. The van der Waals surface area contributed by atoms with E-state index in [9.17, 15) is 0 Å². The second-order valence-corrected chi connectivity index (χ2v) is 6.09. The van der Waals surface area contributed by atoms with E-state index in [4.69, 9.17) is 32.7 Å². The van der Waals surface area contributed by atoms with Crippen molar-refractivity contribution in [2.75, 3.05) is 31.7 Å². The first kappa shape index (κ1) is 16.5. The van der Waals surface area contributed by atoms with E-state index in [1.165, 1.54) is 0 Å². The zero-order chi connectivity index (χ0) is 16.2. The summed E-state index contributed by atoms with van der Waals surface area (Å²) in [5.74, 6) is 0.875. The van der Waals surface area contributed by atoms with Gasteiger partial charge in [-0.3, -0.25) is 0 Å². The van der Waals surface area contributed by atoms with Crippen LogP contribution >= 0.6 is 23.2 Å². The lowest BCUT2D eigenvalue weighted by Crippen LogP contribution is -2.39. The fourth-order valence-electron chi connectivity index (χ4n) is 2.56. The van der Waals surface area contributed by atoms with Crippen molar-refractivity contribution >= 4 is 29.0 Å². The Hall–Kier alpha value is -1.40. The quantitative estimate of drug-likeness (QED) is 0.841. The van der Waals surface area contributed by atoms with Gasteiger partial charge in [0.05, 0.1) is 29.0 Å². The van der Waals surface area contributed by atoms with Gasteiger partial charge in [0.15, 0.2) is 0 Å². The minimum Gasteiger partial charge on any atom is -0.378 e. The summed E-state index contributed by atoms with van der Waals surface area (Å²) in [6.45, 7) is 2.56. The van der Waals surface area contributed by atoms with E-state index < -0.39 is 0 Å². The molecule has 3 rings (SSSR count). The van der Waals surface area contributed by atoms with Gasteiger partial charge in [-0.25, -0.2) is 9.97 Å². The highest BCUT2D eigenvalue weighted by atomic mass is 35.5. The van der Waals surface area contributed by atoms with E-state index in [0.717, 1.165) is 23.6 Å². The first-order chi connectivity index (χ1) is 11.2. The maximum Gasteiger partial charge on any atom is 0.132 e. The number of nitrogens with zero attached hydrogens (tertiary/aromatic N) is 3. The third-order valence-corrected chi connectivity index (χ3v) is 4.45. The Labute approximate surface area is 145 Å². The van der Waals surface area contributed by atoms with Gasteiger partial charge in [0.25, 0.3) is 0 Å². The largest absolute Gasteiger partial charge is 0.378 e. The van der Waals surface area contributed by atoms with Gasteiger partial charge in [-0.2, -0.15) is 0 Å². The Bertz CT molecular complexity index is 684. The highest BCUT2D eigenvalue weighted by Crippen LogP contribution is 2.30. The molecular weight excluding hydrogens is 337 g/mol. The molecule has 0 bridgehead atoms. The van der Waals surface area contributed by atoms with Crippen LogP contribution in [-0.4, -0.2) is 36.8 Å². The molecule has 0 N–H and O–H groups in total. The summed E-state index contributed by atoms with van der Waals surface area (Å²) in [6.07, 6.45) is 1.49. The second kappa shape index (κ2) is 7.45. The summed E-state index contributed by atoms with van der Waals surface area (Å²) < 4.78 is 11.0. The van der Waals surface area contributed by atoms with Crippen molar-refractivity contribution in [3.63, 3.8) is 0 Å². The van der Waals surface area contributed by atoms with E-state index in [1.54, 1.807) is 19.5 Å². The summed E-state index contributed by atoms with van der Waals surface area (Å²) in [5, 5.41) is 1.08. The predicted octanol–water partition coefficient (Wildman–Crippen LogP) is 3.51. The molecular formula is C16H17Cl2N3O2. The molecule has 1 aromatic carbocycles. The SMILES string of the molecule is COCc1cc(N2CCO[C@H](c3ccc(Cl)c(Cl)c3)C2)ncn1. The molecule has 1 aliphatic rings. The maximum atomic E-state index is 6.11. The number of morpholine rings is 1. The number of hydrogen-bond donors (Lipinski definition) is 0. The average molecular weight is 354 g/mol. The number of aromatic nitrogens is 2. The number of hydrogen-bond acceptors (Lipinski definition) is 5. The number of ether oxygens (including phenoxy) is 2. The van der Waals surface area contributed by atoms with Gasteiger partial charge in [-0.05, 0) is 17.7 Å². The number of benzene rings is 1. The number of anilines is 1. The van der Waals surface area contributed by atoms with Crippen LogP contribution < -0.4 is 4.90 Å². The lowest BCUT2D eigenvalue weighted by molar-refractivity contribution is 0.0395. The van der Waals surface area contributed by atoms with Crippen molar-refractivity contribution < 1.29 is 9.47 Å². The molecule has 0 aliphatic carbocycles. The lowest BCUT2D eigenvalue weighted by Gasteiger charge is -2.34. The van der Waals surface area contributed by atoms with Crippen LogP contribution in [0.3, 0.4) is 0 Å². The smallest absolute Gasteiger partial charge is 0.132 e. The van der Waals surface area contributed by atoms with Crippen LogP contribution in [0.1, 0.15) is 17.4 Å². The standard InChI is InChI=1S/C16H17Cl2N3O2/c1-22-9-12-7-16(20-10-19-12)21-4-5-23-15(8-21)11-2-3-13(17)14(18)6-11/h2-3,6-7,10,15H,4-5,8-9H2,1H3/t15-/m0/s1. The highest BCUT2D eigenvalue weighted by Gasteiger charge is 2.23. The van der Waals surface area contributed by atoms with Gasteiger partial charge in [0.1, 0.15) is 18.2 Å². The Morgan fingerprint density at radius 1 is 1.26 bits per heavy atom. The molecule has 1 fully saturated rings. The van der Waals surface area contributed by atoms with Gasteiger partial charge in [-0.15, -0.1) is 0 Å². The Morgan fingerprint density at radius 2 is 2.13 bits per heavy atom. The molecule has 0 unspecified atom stereocenters. The Kier molecular flexibility index (Phi) is 5.33. The van der Waals surface area contributed by atoms with Crippen molar-refractivity contribution in [2.45, 2.75) is 12.7 Å². The molecule has 5 nitrogen and oxygen atoms in total. The van der Waals surface area contributed by atoms with Crippen LogP contribution in [0, 0.1) is 0 Å². The summed E-state index contributed by atoms with van der Waals surface area (Å²) in [5.41, 5.74) is 1.87. The van der Waals surface area contributed by atoms with E-state index in [0.29, 0.717) is 29.8 Å². The van der Waals surface area contributed by atoms with Gasteiger partial charge in [0.2, 0.25) is 0 Å². The minimum atomic E-state index is -0.0700. The van der Waals surface area contributed by atoms with Crippen LogP contribution in [0.4, 0.5) is 5.82 Å². The molecule has 1 atom stereocenters. The van der Waals surface area contributed by atoms with Crippen LogP contribution in [-0.2, 0) is 16.1 Å². The number of methoxy groups -OCH3 is 1. The lowest BCUT2D eigenvalue weighted by atomic mass is 10.1. The van der Waals surface area contributed by atoms with Crippen molar-refractivity contribution in [3.8, 4) is 0 Å². The van der Waals surface area contributed by atoms with Crippen molar-refractivity contribution in [1.29, 1.82) is 0 Å². The highest BCUT2D eigenvalue weighted by molar-refractivity contribution is 6.42. The molecule has 2 aromatic rings. The molecule has 0 radical (unpaired) electrons. The van der Waals surface area contributed by atoms with E-state index in [1.807, 2.05) is 18.2 Å². The number of halogens is 2. The fraction of sp³-hybridized carbons (Fsp3) is 0.375. The first-order valence-corrected chi connectivity index (χ1v) is 8.04. The van der Waals surface area contributed by atoms with Crippen LogP contribution in [0.15, 0.2) is 30.6 Å². The minimum absolute atomic E-state index is 0.0700. The molecule has 1 aromatic heterocycles. The van der Waals surface area contributed by atoms with Crippen LogP contribution in [0.25, 0.3) is 0 Å². The Morgan fingerprint density at radius 3 is 2.91 bits per heavy atom. The van der Waals surface area contributed by atoms with E-state index in [2.05, 4.69) is 14.9 Å². The van der Waals surface area contributed by atoms with Crippen molar-refractivity contribution in [2.24, 2.45) is 0 Å². The average Bonchev–Trinajstić information content (AvgIpc) is 2.58. The third-order valence-electron chi connectivity index (χ3n) is 3.71. The van der Waals surface area contributed by atoms with E-state index >= 15 is 0 Å². The monoisotopic (exact) mass is 353 g/mol. The molecule has 23 heavy (non-hydrogen) atoms. The zero-order valence-corrected chi connectivity index (χ0v) is 14.2. The summed E-state index contributed by atoms with van der Waals surface area (Å²) >= 11 is 12.1. The fourth-order valence-corrected chi connectivity index (χ4v) is 2.86. The normalized spacial score (nSPS) is 18.2. The summed E-state index contributed by atoms with van der Waals surface area (Å²) in [7, 11) is 1.65. The van der Waals surface area contributed by atoms with Gasteiger partial charge < -0.3 is 14.4 Å². The third kappa shape index (κ3) is 3.93. The summed E-state index contributed by atoms with van der Waals surface area (Å²) in [4.78, 5) is 10.7. The second-order valence-electron chi connectivity index (χ2n) is 5.28. The Balaban J connectivity index is 1.77. The first-order valence-electron chi connectivity index (χ1n) is 7.28. The molecule has 7 heteroatoms. The molecule has 122 valence electrons. The molecule has 0 amide bonds. The topological polar surface area (TPSA) is 47.5 Å². The molecule has 0 saturated carbocycles. The van der Waals surface area contributed by atoms with Crippen LogP contribution in [0.5, 0.6) is 0 Å². The molecule has 0 spiro atoms. The van der Waals surface area contributed by atoms with Gasteiger partial charge >= 0.3 is 0 Å². The van der Waals surface area contributed by atoms with Gasteiger partial charge in [0, 0.05) is 26.3 Å². The van der Waals surface area contributed by atoms with E-state index in [-0.39, 0.29) is 6.10 Å². The van der Waals surface area contributed by atoms with Crippen LogP contribution in [0.2, 0.25) is 10.0 Å².